The zero-order valence-electron chi connectivity index (χ0n) is 12.2. The van der Waals surface area contributed by atoms with Gasteiger partial charge in [-0.1, -0.05) is 27.2 Å². The van der Waals surface area contributed by atoms with Crippen molar-refractivity contribution in [1.29, 1.82) is 0 Å². The largest absolute Gasteiger partial charge is 0.315 e. The lowest BCUT2D eigenvalue weighted by Crippen LogP contribution is -2.50. The SMILES string of the molecule is CCCC(C)(C)CNCC(C)N1CCNCC1. The standard InChI is InChI=1S/C14H31N3/c1-5-6-14(3,4)12-16-11-13(2)17-9-7-15-8-10-17/h13,15-16H,5-12H2,1-4H3. The minimum Gasteiger partial charge on any atom is -0.315 e. The van der Waals surface area contributed by atoms with Crippen LogP contribution in [0, 0.1) is 5.41 Å². The summed E-state index contributed by atoms with van der Waals surface area (Å²) in [6.45, 7) is 16.3. The first-order valence-electron chi connectivity index (χ1n) is 7.20. The van der Waals surface area contributed by atoms with Crippen LogP contribution in [0.4, 0.5) is 0 Å². The zero-order valence-corrected chi connectivity index (χ0v) is 12.2. The summed E-state index contributed by atoms with van der Waals surface area (Å²) in [5.74, 6) is 0. The van der Waals surface area contributed by atoms with Gasteiger partial charge < -0.3 is 10.6 Å². The van der Waals surface area contributed by atoms with Gasteiger partial charge >= 0.3 is 0 Å². The van der Waals surface area contributed by atoms with Crippen LogP contribution in [-0.4, -0.2) is 50.2 Å². The highest BCUT2D eigenvalue weighted by Gasteiger charge is 2.19. The summed E-state index contributed by atoms with van der Waals surface area (Å²) in [6.07, 6.45) is 2.59. The second-order valence-electron chi connectivity index (χ2n) is 6.18. The predicted molar refractivity (Wildman–Crippen MR) is 75.5 cm³/mol. The summed E-state index contributed by atoms with van der Waals surface area (Å²) >= 11 is 0. The van der Waals surface area contributed by atoms with Crippen molar-refractivity contribution in [1.82, 2.24) is 15.5 Å². The summed E-state index contributed by atoms with van der Waals surface area (Å²) in [6, 6.07) is 0.662. The van der Waals surface area contributed by atoms with Crippen LogP contribution >= 0.6 is 0 Å². The summed E-state index contributed by atoms with van der Waals surface area (Å²) in [4.78, 5) is 2.58. The van der Waals surface area contributed by atoms with Crippen molar-refractivity contribution in [2.24, 2.45) is 5.41 Å². The van der Waals surface area contributed by atoms with Crippen LogP contribution in [-0.2, 0) is 0 Å². The van der Waals surface area contributed by atoms with Gasteiger partial charge in [0.15, 0.2) is 0 Å². The van der Waals surface area contributed by atoms with Crippen molar-refractivity contribution in [3.8, 4) is 0 Å². The zero-order chi connectivity index (χ0) is 12.7. The molecule has 0 radical (unpaired) electrons. The highest BCUT2D eigenvalue weighted by molar-refractivity contribution is 4.77. The summed E-state index contributed by atoms with van der Waals surface area (Å²) in [5.41, 5.74) is 0.442. The molecular weight excluding hydrogens is 210 g/mol. The molecule has 3 heteroatoms. The molecule has 1 heterocycles. The predicted octanol–water partition coefficient (Wildman–Crippen LogP) is 1.70. The molecule has 2 N–H and O–H groups in total. The van der Waals surface area contributed by atoms with E-state index in [0.29, 0.717) is 11.5 Å². The van der Waals surface area contributed by atoms with Crippen LogP contribution in [0.15, 0.2) is 0 Å². The molecule has 0 bridgehead atoms. The molecular formula is C14H31N3. The van der Waals surface area contributed by atoms with E-state index >= 15 is 0 Å². The fourth-order valence-electron chi connectivity index (χ4n) is 2.64. The van der Waals surface area contributed by atoms with Gasteiger partial charge in [0.25, 0.3) is 0 Å². The molecule has 3 nitrogen and oxygen atoms in total. The van der Waals surface area contributed by atoms with Crippen LogP contribution in [0.2, 0.25) is 0 Å². The van der Waals surface area contributed by atoms with Gasteiger partial charge in [0.2, 0.25) is 0 Å². The molecule has 0 aliphatic carbocycles. The number of nitrogens with one attached hydrogen (secondary N) is 2. The van der Waals surface area contributed by atoms with Crippen molar-refractivity contribution in [2.45, 2.75) is 46.6 Å². The fraction of sp³-hybridized carbons (Fsp3) is 1.00. The van der Waals surface area contributed by atoms with Gasteiger partial charge in [-0.2, -0.15) is 0 Å². The Hall–Kier alpha value is -0.120. The lowest BCUT2D eigenvalue weighted by Gasteiger charge is -2.34. The van der Waals surface area contributed by atoms with Gasteiger partial charge in [0.1, 0.15) is 0 Å². The molecule has 0 aromatic rings. The molecule has 1 rings (SSSR count). The Balaban J connectivity index is 2.16. The summed E-state index contributed by atoms with van der Waals surface area (Å²) < 4.78 is 0. The molecule has 1 fully saturated rings. The van der Waals surface area contributed by atoms with E-state index in [1.54, 1.807) is 0 Å². The lowest BCUT2D eigenvalue weighted by atomic mass is 9.88. The lowest BCUT2D eigenvalue weighted by molar-refractivity contribution is 0.176. The molecule has 102 valence electrons. The van der Waals surface area contributed by atoms with E-state index in [4.69, 9.17) is 0 Å². The molecule has 0 aromatic heterocycles. The third-order valence-corrected chi connectivity index (χ3v) is 3.75. The molecule has 0 amide bonds. The molecule has 1 atom stereocenters. The smallest absolute Gasteiger partial charge is 0.0193 e. The molecule has 17 heavy (non-hydrogen) atoms. The summed E-state index contributed by atoms with van der Waals surface area (Å²) in [7, 11) is 0. The first kappa shape index (κ1) is 14.9. The molecule has 1 saturated heterocycles. The minimum absolute atomic E-state index is 0.442. The van der Waals surface area contributed by atoms with Gasteiger partial charge in [-0.15, -0.1) is 0 Å². The molecule has 0 spiro atoms. The molecule has 1 aliphatic heterocycles. The average Bonchev–Trinajstić information content (AvgIpc) is 2.29. The second-order valence-corrected chi connectivity index (χ2v) is 6.18. The van der Waals surface area contributed by atoms with Crippen LogP contribution in [0.3, 0.4) is 0 Å². The molecule has 0 aromatic carbocycles. The minimum atomic E-state index is 0.442. The van der Waals surface area contributed by atoms with Crippen LogP contribution in [0.5, 0.6) is 0 Å². The van der Waals surface area contributed by atoms with Crippen molar-refractivity contribution >= 4 is 0 Å². The Kier molecular flexibility index (Phi) is 6.45. The topological polar surface area (TPSA) is 27.3 Å². The van der Waals surface area contributed by atoms with E-state index in [1.807, 2.05) is 0 Å². The van der Waals surface area contributed by atoms with Crippen LogP contribution in [0.25, 0.3) is 0 Å². The number of hydrogen-bond donors (Lipinski definition) is 2. The van der Waals surface area contributed by atoms with E-state index in [-0.39, 0.29) is 0 Å². The Morgan fingerprint density at radius 1 is 1.29 bits per heavy atom. The normalized spacial score (nSPS) is 20.5. The Morgan fingerprint density at radius 3 is 2.53 bits per heavy atom. The maximum atomic E-state index is 3.65. The van der Waals surface area contributed by atoms with Crippen LogP contribution < -0.4 is 10.6 Å². The molecule has 1 unspecified atom stereocenters. The van der Waals surface area contributed by atoms with Crippen molar-refractivity contribution in [3.63, 3.8) is 0 Å². The monoisotopic (exact) mass is 241 g/mol. The van der Waals surface area contributed by atoms with Gasteiger partial charge in [-0.25, -0.2) is 0 Å². The fourth-order valence-corrected chi connectivity index (χ4v) is 2.64. The number of hydrogen-bond acceptors (Lipinski definition) is 3. The maximum absolute atomic E-state index is 3.65. The van der Waals surface area contributed by atoms with Crippen LogP contribution in [0.1, 0.15) is 40.5 Å². The highest BCUT2D eigenvalue weighted by atomic mass is 15.2. The Morgan fingerprint density at radius 2 is 1.94 bits per heavy atom. The van der Waals surface area contributed by atoms with Crippen molar-refractivity contribution in [3.05, 3.63) is 0 Å². The highest BCUT2D eigenvalue weighted by Crippen LogP contribution is 2.20. The first-order chi connectivity index (χ1) is 8.05. The maximum Gasteiger partial charge on any atom is 0.0193 e. The molecule has 0 saturated carbocycles. The Labute approximate surface area is 107 Å². The van der Waals surface area contributed by atoms with Crippen molar-refractivity contribution < 1.29 is 0 Å². The van der Waals surface area contributed by atoms with E-state index in [9.17, 15) is 0 Å². The number of nitrogens with zero attached hydrogens (tertiary/aromatic N) is 1. The summed E-state index contributed by atoms with van der Waals surface area (Å²) in [5, 5.41) is 7.05. The third kappa shape index (κ3) is 5.84. The third-order valence-electron chi connectivity index (χ3n) is 3.75. The van der Waals surface area contributed by atoms with E-state index in [1.165, 1.54) is 25.9 Å². The quantitative estimate of drug-likeness (QED) is 0.710. The first-order valence-corrected chi connectivity index (χ1v) is 7.20. The molecule has 1 aliphatic rings. The second kappa shape index (κ2) is 7.34. The van der Waals surface area contributed by atoms with Gasteiger partial charge in [0.05, 0.1) is 0 Å². The van der Waals surface area contributed by atoms with Gasteiger partial charge in [0, 0.05) is 45.3 Å². The Bertz CT molecular complexity index is 198. The van der Waals surface area contributed by atoms with Gasteiger partial charge in [-0.3, -0.25) is 4.90 Å². The van der Waals surface area contributed by atoms with Crippen molar-refractivity contribution in [2.75, 3.05) is 39.3 Å². The van der Waals surface area contributed by atoms with E-state index in [0.717, 1.165) is 26.2 Å². The number of piperazine rings is 1. The van der Waals surface area contributed by atoms with E-state index in [2.05, 4.69) is 43.2 Å². The number of rotatable bonds is 7. The van der Waals surface area contributed by atoms with E-state index < -0.39 is 0 Å². The van der Waals surface area contributed by atoms with Gasteiger partial charge in [-0.05, 0) is 18.8 Å². The average molecular weight is 241 g/mol.